The summed E-state index contributed by atoms with van der Waals surface area (Å²) in [5.41, 5.74) is 0. The molecule has 1 saturated heterocycles. The lowest BCUT2D eigenvalue weighted by Gasteiger charge is -2.19. The second-order valence-corrected chi connectivity index (χ2v) is 6.17. The van der Waals surface area contributed by atoms with Crippen molar-refractivity contribution in [1.82, 2.24) is 14.1 Å². The van der Waals surface area contributed by atoms with Gasteiger partial charge in [-0.25, -0.2) is 8.42 Å². The van der Waals surface area contributed by atoms with E-state index in [1.54, 1.807) is 7.05 Å². The van der Waals surface area contributed by atoms with Gasteiger partial charge in [-0.15, -0.1) is 0 Å². The van der Waals surface area contributed by atoms with E-state index in [1.807, 2.05) is 0 Å². The second kappa shape index (κ2) is 4.75. The molecule has 2 heterocycles. The maximum atomic E-state index is 12.3. The molecule has 1 aliphatic rings. The number of aryl methyl sites for hydroxylation is 1. The number of hydrogen-bond acceptors (Lipinski definition) is 4. The number of aromatic nitrogens is 2. The van der Waals surface area contributed by atoms with Crippen LogP contribution in [0.1, 0.15) is 19.3 Å². The minimum atomic E-state index is -3.47. The summed E-state index contributed by atoms with van der Waals surface area (Å²) < 4.78 is 27.4. The van der Waals surface area contributed by atoms with Crippen LogP contribution in [-0.4, -0.2) is 46.8 Å². The molecule has 2 rings (SSSR count). The molecule has 1 fully saturated rings. The quantitative estimate of drug-likeness (QED) is 0.808. The first-order valence-electron chi connectivity index (χ1n) is 5.68. The van der Waals surface area contributed by atoms with Gasteiger partial charge in [-0.3, -0.25) is 4.68 Å². The van der Waals surface area contributed by atoms with Gasteiger partial charge in [0.2, 0.25) is 0 Å². The molecule has 7 heteroatoms. The average molecular weight is 259 g/mol. The van der Waals surface area contributed by atoms with E-state index in [4.69, 9.17) is 0 Å². The van der Waals surface area contributed by atoms with Gasteiger partial charge in [0.1, 0.15) is 0 Å². The van der Waals surface area contributed by atoms with E-state index in [2.05, 4.69) is 5.10 Å². The number of rotatable bonds is 2. The average Bonchev–Trinajstić information content (AvgIpc) is 2.57. The number of aliphatic hydroxyl groups is 1. The van der Waals surface area contributed by atoms with Gasteiger partial charge in [-0.2, -0.15) is 9.40 Å². The minimum absolute atomic E-state index is 0.203. The fourth-order valence-electron chi connectivity index (χ4n) is 2.04. The fraction of sp³-hybridized carbons (Fsp3) is 0.700. The smallest absolute Gasteiger partial charge is 0.260 e. The van der Waals surface area contributed by atoms with Crippen LogP contribution < -0.4 is 0 Å². The van der Waals surface area contributed by atoms with E-state index < -0.39 is 10.0 Å². The molecular weight excluding hydrogens is 242 g/mol. The first-order valence-corrected chi connectivity index (χ1v) is 7.12. The molecular formula is C10H17N3O3S. The van der Waals surface area contributed by atoms with Crippen molar-refractivity contribution in [2.75, 3.05) is 13.1 Å². The van der Waals surface area contributed by atoms with E-state index in [-0.39, 0.29) is 11.1 Å². The Morgan fingerprint density at radius 1 is 1.41 bits per heavy atom. The molecule has 0 radical (unpaired) electrons. The van der Waals surface area contributed by atoms with Crippen molar-refractivity contribution in [1.29, 1.82) is 0 Å². The zero-order chi connectivity index (χ0) is 12.5. The Labute approximate surface area is 101 Å². The molecule has 0 aromatic carbocycles. The number of hydrogen-bond donors (Lipinski definition) is 1. The molecule has 1 aromatic rings. The Kier molecular flexibility index (Phi) is 3.50. The van der Waals surface area contributed by atoms with Crippen LogP contribution in [0.2, 0.25) is 0 Å². The molecule has 0 amide bonds. The van der Waals surface area contributed by atoms with Crippen molar-refractivity contribution in [3.63, 3.8) is 0 Å². The second-order valence-electron chi connectivity index (χ2n) is 4.28. The molecule has 1 aromatic heterocycles. The number of aliphatic hydroxyl groups excluding tert-OH is 1. The van der Waals surface area contributed by atoms with Crippen LogP contribution in [0.3, 0.4) is 0 Å². The summed E-state index contributed by atoms with van der Waals surface area (Å²) in [6.07, 6.45) is 2.94. The Hall–Kier alpha value is -0.920. The lowest BCUT2D eigenvalue weighted by molar-refractivity contribution is 0.159. The molecule has 6 nitrogen and oxygen atoms in total. The highest BCUT2D eigenvalue weighted by Gasteiger charge is 2.28. The first kappa shape index (κ1) is 12.5. The summed E-state index contributed by atoms with van der Waals surface area (Å²) >= 11 is 0. The van der Waals surface area contributed by atoms with E-state index in [0.29, 0.717) is 32.4 Å². The van der Waals surface area contributed by atoms with Gasteiger partial charge in [0, 0.05) is 20.1 Å². The van der Waals surface area contributed by atoms with Crippen molar-refractivity contribution in [2.45, 2.75) is 30.4 Å². The summed E-state index contributed by atoms with van der Waals surface area (Å²) in [6.45, 7) is 0.833. The van der Waals surface area contributed by atoms with Crippen molar-refractivity contribution >= 4 is 10.0 Å². The van der Waals surface area contributed by atoms with Crippen LogP contribution in [0.4, 0.5) is 0 Å². The predicted octanol–water partition coefficient (Wildman–Crippen LogP) is -0.0444. The third-order valence-corrected chi connectivity index (χ3v) is 5.01. The van der Waals surface area contributed by atoms with Crippen LogP contribution in [-0.2, 0) is 17.1 Å². The fourth-order valence-corrected chi connectivity index (χ4v) is 3.63. The van der Waals surface area contributed by atoms with Crippen molar-refractivity contribution < 1.29 is 13.5 Å². The van der Waals surface area contributed by atoms with Crippen molar-refractivity contribution in [3.05, 3.63) is 12.3 Å². The molecule has 96 valence electrons. The zero-order valence-corrected chi connectivity index (χ0v) is 10.6. The molecule has 1 aliphatic heterocycles. The van der Waals surface area contributed by atoms with E-state index in [1.165, 1.54) is 21.3 Å². The van der Waals surface area contributed by atoms with Crippen molar-refractivity contribution in [3.8, 4) is 0 Å². The number of sulfonamides is 1. The highest BCUT2D eigenvalue weighted by molar-refractivity contribution is 7.89. The van der Waals surface area contributed by atoms with E-state index in [9.17, 15) is 13.5 Å². The molecule has 0 saturated carbocycles. The standard InChI is InChI=1S/C10H17N3O3S/c1-12-10(4-6-11-12)17(15,16)13-7-2-3-9(14)5-8-13/h4,6,9,14H,2-3,5,7-8H2,1H3. The third kappa shape index (κ3) is 2.51. The monoisotopic (exact) mass is 259 g/mol. The minimum Gasteiger partial charge on any atom is -0.393 e. The molecule has 1 unspecified atom stereocenters. The lowest BCUT2D eigenvalue weighted by atomic mass is 10.2. The van der Waals surface area contributed by atoms with Crippen LogP contribution in [0.15, 0.2) is 17.3 Å². The molecule has 0 aliphatic carbocycles. The Morgan fingerprint density at radius 3 is 2.82 bits per heavy atom. The van der Waals surface area contributed by atoms with Gasteiger partial charge in [-0.1, -0.05) is 0 Å². The van der Waals surface area contributed by atoms with E-state index in [0.717, 1.165) is 0 Å². The Morgan fingerprint density at radius 2 is 2.18 bits per heavy atom. The summed E-state index contributed by atoms with van der Waals surface area (Å²) in [6, 6.07) is 1.50. The zero-order valence-electron chi connectivity index (χ0n) is 9.78. The number of nitrogens with zero attached hydrogens (tertiary/aromatic N) is 3. The van der Waals surface area contributed by atoms with Gasteiger partial charge in [0.25, 0.3) is 10.0 Å². The van der Waals surface area contributed by atoms with Gasteiger partial charge >= 0.3 is 0 Å². The van der Waals surface area contributed by atoms with Gasteiger partial charge in [-0.05, 0) is 25.3 Å². The molecule has 17 heavy (non-hydrogen) atoms. The summed E-state index contributed by atoms with van der Waals surface area (Å²) in [5, 5.41) is 13.6. The highest BCUT2D eigenvalue weighted by atomic mass is 32.2. The highest BCUT2D eigenvalue weighted by Crippen LogP contribution is 2.19. The van der Waals surface area contributed by atoms with Gasteiger partial charge < -0.3 is 5.11 Å². The molecule has 0 spiro atoms. The lowest BCUT2D eigenvalue weighted by Crippen LogP contribution is -2.33. The maximum absolute atomic E-state index is 12.3. The maximum Gasteiger partial charge on any atom is 0.260 e. The summed E-state index contributed by atoms with van der Waals surface area (Å²) in [5.74, 6) is 0. The first-order chi connectivity index (χ1) is 8.01. The van der Waals surface area contributed by atoms with Crippen LogP contribution in [0.5, 0.6) is 0 Å². The SMILES string of the molecule is Cn1nccc1S(=O)(=O)N1CCCC(O)CC1. The summed E-state index contributed by atoms with van der Waals surface area (Å²) in [7, 11) is -1.86. The van der Waals surface area contributed by atoms with Gasteiger partial charge in [0.15, 0.2) is 5.03 Å². The van der Waals surface area contributed by atoms with Gasteiger partial charge in [0.05, 0.1) is 12.3 Å². The summed E-state index contributed by atoms with van der Waals surface area (Å²) in [4.78, 5) is 0. The van der Waals surface area contributed by atoms with Crippen molar-refractivity contribution in [2.24, 2.45) is 7.05 Å². The van der Waals surface area contributed by atoms with Crippen LogP contribution >= 0.6 is 0 Å². The Bertz CT molecular complexity index is 483. The van der Waals surface area contributed by atoms with E-state index >= 15 is 0 Å². The van der Waals surface area contributed by atoms with Crippen LogP contribution in [0, 0.1) is 0 Å². The topological polar surface area (TPSA) is 75.4 Å². The Balaban J connectivity index is 2.24. The molecule has 1 atom stereocenters. The normalized spacial score (nSPS) is 23.5. The third-order valence-electron chi connectivity index (χ3n) is 3.04. The predicted molar refractivity (Wildman–Crippen MR) is 61.8 cm³/mol. The largest absolute Gasteiger partial charge is 0.393 e. The molecule has 0 bridgehead atoms. The molecule has 1 N–H and O–H groups in total. The van der Waals surface area contributed by atoms with Crippen LogP contribution in [0.25, 0.3) is 0 Å².